The lowest BCUT2D eigenvalue weighted by Gasteiger charge is -2.31. The van der Waals surface area contributed by atoms with Gasteiger partial charge in [0.25, 0.3) is 0 Å². The van der Waals surface area contributed by atoms with E-state index >= 15 is 0 Å². The number of carbonyl (C=O) groups excluding carboxylic acids is 1. The van der Waals surface area contributed by atoms with Gasteiger partial charge in [-0.2, -0.15) is 5.26 Å². The van der Waals surface area contributed by atoms with Gasteiger partial charge in [-0.25, -0.2) is 8.42 Å². The molecule has 1 aliphatic carbocycles. The quantitative estimate of drug-likeness (QED) is 0.707. The molecule has 1 fully saturated rings. The highest BCUT2D eigenvalue weighted by Crippen LogP contribution is 2.39. The van der Waals surface area contributed by atoms with Gasteiger partial charge in [0.15, 0.2) is 5.41 Å². The number of hydrogen-bond acceptors (Lipinski definition) is 5. The van der Waals surface area contributed by atoms with Crippen LogP contribution in [0.15, 0.2) is 0 Å². The summed E-state index contributed by atoms with van der Waals surface area (Å²) in [5.74, 6) is -0.519. The molecule has 0 heterocycles. The number of hydrogen-bond donors (Lipinski definition) is 0. The number of carbonyl (C=O) groups is 1. The molecule has 0 aliphatic heterocycles. The van der Waals surface area contributed by atoms with E-state index in [1.807, 2.05) is 6.07 Å². The Hall–Kier alpha value is -1.09. The first-order valence-corrected chi connectivity index (χ1v) is 7.58. The Morgan fingerprint density at radius 3 is 2.35 bits per heavy atom. The van der Waals surface area contributed by atoms with E-state index in [-0.39, 0.29) is 19.4 Å². The van der Waals surface area contributed by atoms with E-state index in [0.29, 0.717) is 12.8 Å². The smallest absolute Gasteiger partial charge is 0.326 e. The molecule has 1 aliphatic rings. The van der Waals surface area contributed by atoms with Crippen LogP contribution >= 0.6 is 0 Å². The van der Waals surface area contributed by atoms with Crippen molar-refractivity contribution < 1.29 is 17.9 Å². The van der Waals surface area contributed by atoms with E-state index in [4.69, 9.17) is 10.00 Å². The minimum Gasteiger partial charge on any atom is -0.465 e. The van der Waals surface area contributed by atoms with Crippen molar-refractivity contribution in [3.05, 3.63) is 0 Å². The van der Waals surface area contributed by atoms with Gasteiger partial charge in [-0.15, -0.1) is 0 Å². The summed E-state index contributed by atoms with van der Waals surface area (Å²) in [5.41, 5.74) is -1.14. The largest absolute Gasteiger partial charge is 0.465 e. The Labute approximate surface area is 102 Å². The maximum atomic E-state index is 11.7. The number of nitrogens with zero attached hydrogens (tertiary/aromatic N) is 1. The molecule has 0 aromatic rings. The first-order valence-electron chi connectivity index (χ1n) is 5.63. The van der Waals surface area contributed by atoms with E-state index < -0.39 is 26.5 Å². The van der Waals surface area contributed by atoms with Gasteiger partial charge in [-0.3, -0.25) is 4.79 Å². The fourth-order valence-electron chi connectivity index (χ4n) is 2.14. The van der Waals surface area contributed by atoms with Crippen molar-refractivity contribution in [1.82, 2.24) is 0 Å². The van der Waals surface area contributed by atoms with Crippen LogP contribution in [-0.2, 0) is 19.4 Å². The molecule has 0 aromatic heterocycles. The van der Waals surface area contributed by atoms with Gasteiger partial charge < -0.3 is 4.74 Å². The summed E-state index contributed by atoms with van der Waals surface area (Å²) in [4.78, 5) is 11.7. The van der Waals surface area contributed by atoms with Crippen LogP contribution in [0.3, 0.4) is 0 Å². The van der Waals surface area contributed by atoms with Crippen LogP contribution in [0.1, 0.15) is 32.6 Å². The van der Waals surface area contributed by atoms with Gasteiger partial charge in [0.2, 0.25) is 0 Å². The number of nitriles is 1. The summed E-state index contributed by atoms with van der Waals surface area (Å²) in [5, 5.41) is 8.70. The lowest BCUT2D eigenvalue weighted by Crippen LogP contribution is -2.39. The summed E-state index contributed by atoms with van der Waals surface area (Å²) in [6.45, 7) is 1.92. The summed E-state index contributed by atoms with van der Waals surface area (Å²) in [7, 11) is -3.08. The minimum absolute atomic E-state index is 0.234. The molecule has 1 rings (SSSR count). The van der Waals surface area contributed by atoms with Crippen LogP contribution in [0.2, 0.25) is 0 Å². The molecule has 0 radical (unpaired) electrons. The molecule has 0 bridgehead atoms. The second-order valence-corrected chi connectivity index (χ2v) is 6.77. The Kier molecular flexibility index (Phi) is 4.15. The molecule has 5 nitrogen and oxygen atoms in total. The zero-order chi connectivity index (χ0) is 13.1. The van der Waals surface area contributed by atoms with Crippen molar-refractivity contribution in [2.45, 2.75) is 37.9 Å². The lowest BCUT2D eigenvalue weighted by molar-refractivity contribution is -0.153. The van der Waals surface area contributed by atoms with E-state index in [0.717, 1.165) is 0 Å². The van der Waals surface area contributed by atoms with Crippen LogP contribution in [0, 0.1) is 16.7 Å². The first-order chi connectivity index (χ1) is 7.85. The molecular formula is C11H17NO4S. The topological polar surface area (TPSA) is 84.2 Å². The van der Waals surface area contributed by atoms with Crippen LogP contribution in [0.25, 0.3) is 0 Å². The van der Waals surface area contributed by atoms with Crippen molar-refractivity contribution >= 4 is 15.8 Å². The molecule has 0 amide bonds. The molecule has 0 aromatic carbocycles. The average molecular weight is 259 g/mol. The monoisotopic (exact) mass is 259 g/mol. The predicted molar refractivity (Wildman–Crippen MR) is 61.8 cm³/mol. The summed E-state index contributed by atoms with van der Waals surface area (Å²) >= 11 is 0. The third-order valence-electron chi connectivity index (χ3n) is 3.27. The molecule has 6 heteroatoms. The highest BCUT2D eigenvalue weighted by atomic mass is 32.2. The van der Waals surface area contributed by atoms with Gasteiger partial charge in [-0.05, 0) is 32.6 Å². The molecule has 0 atom stereocenters. The number of sulfone groups is 1. The summed E-state index contributed by atoms with van der Waals surface area (Å²) in [6, 6.07) is 2.00. The molecule has 0 spiro atoms. The van der Waals surface area contributed by atoms with Crippen LogP contribution in [0.4, 0.5) is 0 Å². The molecule has 0 unspecified atom stereocenters. The molecular weight excluding hydrogens is 242 g/mol. The maximum absolute atomic E-state index is 11.7. The van der Waals surface area contributed by atoms with E-state index in [1.165, 1.54) is 6.26 Å². The van der Waals surface area contributed by atoms with E-state index in [2.05, 4.69) is 0 Å². The summed E-state index contributed by atoms with van der Waals surface area (Å²) in [6.07, 6.45) is 2.43. The number of ether oxygens (including phenoxy) is 1. The van der Waals surface area contributed by atoms with Gasteiger partial charge in [-0.1, -0.05) is 0 Å². The highest BCUT2D eigenvalue weighted by molar-refractivity contribution is 7.91. The van der Waals surface area contributed by atoms with Gasteiger partial charge in [0.05, 0.1) is 17.9 Å². The number of rotatable bonds is 3. The Morgan fingerprint density at radius 2 is 2.00 bits per heavy atom. The third kappa shape index (κ3) is 2.97. The Morgan fingerprint density at radius 1 is 1.47 bits per heavy atom. The fourth-order valence-corrected chi connectivity index (χ4v) is 3.24. The molecule has 0 N–H and O–H groups in total. The predicted octanol–water partition coefficient (Wildman–Crippen LogP) is 1.05. The normalized spacial score (nSPS) is 29.4. The third-order valence-corrected chi connectivity index (χ3v) is 4.95. The average Bonchev–Trinajstić information content (AvgIpc) is 2.28. The van der Waals surface area contributed by atoms with Gasteiger partial charge >= 0.3 is 5.97 Å². The number of esters is 1. The highest BCUT2D eigenvalue weighted by Gasteiger charge is 2.45. The minimum atomic E-state index is -3.08. The lowest BCUT2D eigenvalue weighted by atomic mass is 9.75. The van der Waals surface area contributed by atoms with Gasteiger partial charge in [0, 0.05) is 6.26 Å². The zero-order valence-corrected chi connectivity index (χ0v) is 10.9. The van der Waals surface area contributed by atoms with Crippen LogP contribution in [0.5, 0.6) is 0 Å². The Bertz CT molecular complexity index is 427. The molecule has 17 heavy (non-hydrogen) atoms. The second kappa shape index (κ2) is 5.05. The standard InChI is InChI=1S/C11H17NO4S/c1-3-16-10(13)11(8-12)6-4-9(5-7-11)17(2,14)15/h9H,3-7H2,1-2H3/t9-,11+. The van der Waals surface area contributed by atoms with Crippen molar-refractivity contribution in [2.75, 3.05) is 12.9 Å². The van der Waals surface area contributed by atoms with Crippen molar-refractivity contribution in [2.24, 2.45) is 5.41 Å². The Balaban J connectivity index is 2.78. The first kappa shape index (κ1) is 14.0. The van der Waals surface area contributed by atoms with Crippen molar-refractivity contribution in [1.29, 1.82) is 5.26 Å². The molecule has 0 saturated heterocycles. The van der Waals surface area contributed by atoms with Crippen LogP contribution in [-0.4, -0.2) is 32.5 Å². The second-order valence-electron chi connectivity index (χ2n) is 4.44. The summed E-state index contributed by atoms with van der Waals surface area (Å²) < 4.78 is 27.6. The SMILES string of the molecule is CCOC(=O)[C@]1(C#N)CC[C@H](S(C)(=O)=O)CC1. The van der Waals surface area contributed by atoms with Crippen LogP contribution < -0.4 is 0 Å². The van der Waals surface area contributed by atoms with E-state index in [1.54, 1.807) is 6.92 Å². The maximum Gasteiger partial charge on any atom is 0.326 e. The molecule has 96 valence electrons. The molecule has 1 saturated carbocycles. The fraction of sp³-hybridized carbons (Fsp3) is 0.818. The van der Waals surface area contributed by atoms with Crippen molar-refractivity contribution in [3.8, 4) is 6.07 Å². The van der Waals surface area contributed by atoms with E-state index in [9.17, 15) is 13.2 Å². The van der Waals surface area contributed by atoms with Crippen molar-refractivity contribution in [3.63, 3.8) is 0 Å². The van der Waals surface area contributed by atoms with Gasteiger partial charge in [0.1, 0.15) is 9.84 Å². The zero-order valence-electron chi connectivity index (χ0n) is 10.1.